The van der Waals surface area contributed by atoms with Gasteiger partial charge in [0.15, 0.2) is 0 Å². The molecule has 40 heavy (non-hydrogen) atoms. The minimum absolute atomic E-state index is 0.251. The molecule has 0 radical (unpaired) electrons. The summed E-state index contributed by atoms with van der Waals surface area (Å²) in [6, 6.07) is 7.22. The van der Waals surface area contributed by atoms with Crippen LogP contribution in [0.3, 0.4) is 0 Å². The molecule has 2 unspecified atom stereocenters. The van der Waals surface area contributed by atoms with Gasteiger partial charge < -0.3 is 19.7 Å². The molecule has 0 aliphatic carbocycles. The number of hydrogen-bond donors (Lipinski definition) is 1. The van der Waals surface area contributed by atoms with E-state index >= 15 is 0 Å². The van der Waals surface area contributed by atoms with Crippen molar-refractivity contribution in [3.05, 3.63) is 35.4 Å². The summed E-state index contributed by atoms with van der Waals surface area (Å²) in [5.41, 5.74) is -0.276. The first-order valence-corrected chi connectivity index (χ1v) is 13.8. The second kappa shape index (κ2) is 13.6. The van der Waals surface area contributed by atoms with Gasteiger partial charge in [-0.3, -0.25) is 19.3 Å². The van der Waals surface area contributed by atoms with Crippen LogP contribution in [0, 0.1) is 17.2 Å². The van der Waals surface area contributed by atoms with Crippen molar-refractivity contribution in [3.8, 4) is 6.07 Å². The molecule has 1 aromatic carbocycles. The average Bonchev–Trinajstić information content (AvgIpc) is 3.35. The Morgan fingerprint density at radius 1 is 1.07 bits per heavy atom. The van der Waals surface area contributed by atoms with Crippen LogP contribution in [-0.4, -0.2) is 70.1 Å². The van der Waals surface area contributed by atoms with Crippen LogP contribution in [0.5, 0.6) is 0 Å². The number of hydrogen-bond acceptors (Lipinski definition) is 7. The highest BCUT2D eigenvalue weighted by molar-refractivity contribution is 5.93. The van der Waals surface area contributed by atoms with Gasteiger partial charge in [-0.15, -0.1) is 0 Å². The minimum atomic E-state index is -1.03. The molecule has 0 saturated carbocycles. The lowest BCUT2D eigenvalue weighted by molar-refractivity contribution is -0.158. The van der Waals surface area contributed by atoms with E-state index in [1.807, 2.05) is 13.8 Å². The molecule has 220 valence electrons. The molecule has 10 nitrogen and oxygen atoms in total. The maximum absolute atomic E-state index is 14.1. The van der Waals surface area contributed by atoms with Crippen LogP contribution in [0.2, 0.25) is 0 Å². The zero-order valence-corrected chi connectivity index (χ0v) is 25.1. The smallest absolute Gasteiger partial charge is 0.411 e. The molecule has 3 amide bonds. The van der Waals surface area contributed by atoms with E-state index in [2.05, 4.69) is 11.4 Å². The summed E-state index contributed by atoms with van der Waals surface area (Å²) in [6.45, 7) is 14.2. The number of carbonyl (C=O) groups excluding carboxylic acids is 4. The van der Waals surface area contributed by atoms with Gasteiger partial charge in [0.25, 0.3) is 0 Å². The van der Waals surface area contributed by atoms with E-state index in [1.54, 1.807) is 65.8 Å². The lowest BCUT2D eigenvalue weighted by atomic mass is 9.95. The number of nitrogens with one attached hydrogen (secondary N) is 1. The number of nitriles is 1. The van der Waals surface area contributed by atoms with E-state index in [1.165, 1.54) is 4.90 Å². The van der Waals surface area contributed by atoms with E-state index in [0.29, 0.717) is 31.4 Å². The quantitative estimate of drug-likeness (QED) is 0.452. The molecule has 1 N–H and O–H groups in total. The summed E-state index contributed by atoms with van der Waals surface area (Å²) in [5.74, 6) is -1.68. The Balaban J connectivity index is 2.31. The lowest BCUT2D eigenvalue weighted by Crippen LogP contribution is -2.58. The lowest BCUT2D eigenvalue weighted by Gasteiger charge is -2.38. The predicted octanol–water partition coefficient (Wildman–Crippen LogP) is 4.16. The van der Waals surface area contributed by atoms with Crippen molar-refractivity contribution in [1.82, 2.24) is 15.1 Å². The van der Waals surface area contributed by atoms with E-state index in [4.69, 9.17) is 14.7 Å². The Bertz CT molecular complexity index is 1100. The van der Waals surface area contributed by atoms with Gasteiger partial charge in [-0.05, 0) is 78.0 Å². The van der Waals surface area contributed by atoms with Gasteiger partial charge in [-0.25, -0.2) is 4.79 Å². The molecular weight excluding hydrogens is 512 g/mol. The molecule has 1 aromatic rings. The fraction of sp³-hybridized carbons (Fsp3) is 0.633. The van der Waals surface area contributed by atoms with Gasteiger partial charge in [0.1, 0.15) is 29.8 Å². The first-order valence-electron chi connectivity index (χ1n) is 13.8. The molecule has 1 saturated heterocycles. The molecule has 10 heteroatoms. The standard InChI is InChI=1S/C30H44N4O6/c1-9-20(2)25(34(28(38)40-30(6,7)8)19-24(35)39-29(3,4)5)27(37)33-16-10-11-23(33)26(36)32-18-22-14-12-21(17-31)13-15-22/h12-15,20,23,25H,9-11,16,18-19H2,1-8H3,(H,32,36)/t20?,23-,25?/m0/s1. The fourth-order valence-corrected chi connectivity index (χ4v) is 4.49. The molecule has 1 fully saturated rings. The molecule has 0 bridgehead atoms. The Morgan fingerprint density at radius 3 is 2.20 bits per heavy atom. The summed E-state index contributed by atoms with van der Waals surface area (Å²) in [6.07, 6.45) is 0.870. The molecule has 1 aliphatic rings. The number of amides is 3. The Morgan fingerprint density at radius 2 is 1.68 bits per heavy atom. The number of ether oxygens (including phenoxy) is 2. The van der Waals surface area contributed by atoms with Crippen LogP contribution >= 0.6 is 0 Å². The third kappa shape index (κ3) is 9.54. The third-order valence-corrected chi connectivity index (χ3v) is 6.51. The molecule has 0 spiro atoms. The SMILES string of the molecule is CCC(C)C(C(=O)N1CCC[C@H]1C(=O)NCc1ccc(C#N)cc1)N(CC(=O)OC(C)(C)C)C(=O)OC(C)(C)C. The minimum Gasteiger partial charge on any atom is -0.459 e. The summed E-state index contributed by atoms with van der Waals surface area (Å²) < 4.78 is 11.1. The van der Waals surface area contributed by atoms with Crippen molar-refractivity contribution >= 4 is 23.9 Å². The second-order valence-corrected chi connectivity index (χ2v) is 12.2. The van der Waals surface area contributed by atoms with Crippen molar-refractivity contribution in [2.45, 2.75) is 104 Å². The zero-order valence-electron chi connectivity index (χ0n) is 25.1. The van der Waals surface area contributed by atoms with Crippen LogP contribution in [0.15, 0.2) is 24.3 Å². The third-order valence-electron chi connectivity index (χ3n) is 6.51. The van der Waals surface area contributed by atoms with Gasteiger partial charge in [0.05, 0.1) is 11.6 Å². The normalized spacial score (nSPS) is 16.9. The van der Waals surface area contributed by atoms with Gasteiger partial charge >= 0.3 is 12.1 Å². The molecular formula is C30H44N4O6. The molecule has 0 aromatic heterocycles. The van der Waals surface area contributed by atoms with Crippen LogP contribution in [0.4, 0.5) is 4.79 Å². The first-order chi connectivity index (χ1) is 18.6. The van der Waals surface area contributed by atoms with Crippen LogP contribution in [0.25, 0.3) is 0 Å². The number of esters is 1. The summed E-state index contributed by atoms with van der Waals surface area (Å²) >= 11 is 0. The Hall–Kier alpha value is -3.61. The number of benzene rings is 1. The van der Waals surface area contributed by atoms with Crippen LogP contribution in [-0.2, 0) is 30.4 Å². The Labute approximate surface area is 238 Å². The highest BCUT2D eigenvalue weighted by Crippen LogP contribution is 2.26. The van der Waals surface area contributed by atoms with Crippen molar-refractivity contribution < 1.29 is 28.7 Å². The summed E-state index contributed by atoms with van der Waals surface area (Å²) in [5, 5.41) is 11.9. The monoisotopic (exact) mass is 556 g/mol. The largest absolute Gasteiger partial charge is 0.459 e. The second-order valence-electron chi connectivity index (χ2n) is 12.2. The van der Waals surface area contributed by atoms with Crippen LogP contribution < -0.4 is 5.32 Å². The van der Waals surface area contributed by atoms with Crippen molar-refractivity contribution in [2.24, 2.45) is 5.92 Å². The summed E-state index contributed by atoms with van der Waals surface area (Å²) in [7, 11) is 0. The van der Waals surface area contributed by atoms with E-state index < -0.39 is 47.8 Å². The number of nitrogens with zero attached hydrogens (tertiary/aromatic N) is 3. The van der Waals surface area contributed by atoms with Crippen molar-refractivity contribution in [3.63, 3.8) is 0 Å². The topological polar surface area (TPSA) is 129 Å². The maximum Gasteiger partial charge on any atom is 0.411 e. The van der Waals surface area contributed by atoms with E-state index in [0.717, 1.165) is 10.5 Å². The molecule has 1 aliphatic heterocycles. The average molecular weight is 557 g/mol. The number of rotatable bonds is 9. The molecule has 2 rings (SSSR count). The predicted molar refractivity (Wildman–Crippen MR) is 150 cm³/mol. The van der Waals surface area contributed by atoms with Crippen molar-refractivity contribution in [1.29, 1.82) is 5.26 Å². The number of likely N-dealkylation sites (tertiary alicyclic amines) is 1. The van der Waals surface area contributed by atoms with Gasteiger partial charge in [-0.2, -0.15) is 5.26 Å². The zero-order chi connectivity index (χ0) is 30.3. The number of carbonyl (C=O) groups is 4. The highest BCUT2D eigenvalue weighted by Gasteiger charge is 2.44. The van der Waals surface area contributed by atoms with Gasteiger partial charge in [0.2, 0.25) is 11.8 Å². The first kappa shape index (κ1) is 32.6. The highest BCUT2D eigenvalue weighted by atomic mass is 16.6. The van der Waals surface area contributed by atoms with Gasteiger partial charge in [-0.1, -0.05) is 32.4 Å². The fourth-order valence-electron chi connectivity index (χ4n) is 4.49. The van der Waals surface area contributed by atoms with E-state index in [-0.39, 0.29) is 18.4 Å². The molecule has 3 atom stereocenters. The van der Waals surface area contributed by atoms with E-state index in [9.17, 15) is 19.2 Å². The van der Waals surface area contributed by atoms with Crippen LogP contribution in [0.1, 0.15) is 85.8 Å². The molecule has 1 heterocycles. The van der Waals surface area contributed by atoms with Crippen molar-refractivity contribution in [2.75, 3.05) is 13.1 Å². The maximum atomic E-state index is 14.1. The Kier molecular flexibility index (Phi) is 11.1. The summed E-state index contributed by atoms with van der Waals surface area (Å²) in [4.78, 5) is 56.2. The van der Waals surface area contributed by atoms with Gasteiger partial charge in [0, 0.05) is 13.1 Å².